The van der Waals surface area contributed by atoms with Crippen molar-refractivity contribution in [1.29, 1.82) is 10.5 Å². The van der Waals surface area contributed by atoms with Crippen molar-refractivity contribution in [2.24, 2.45) is 10.8 Å². The van der Waals surface area contributed by atoms with E-state index in [1.165, 1.54) is 0 Å². The molecule has 1 unspecified atom stereocenters. The van der Waals surface area contributed by atoms with Crippen LogP contribution in [0.1, 0.15) is 27.2 Å². The van der Waals surface area contributed by atoms with E-state index in [2.05, 4.69) is 25.3 Å². The number of nitrogens with zero attached hydrogens (tertiary/aromatic N) is 2. The lowest BCUT2D eigenvalue weighted by Gasteiger charge is -2.37. The van der Waals surface area contributed by atoms with Gasteiger partial charge >= 0.3 is 0 Å². The fourth-order valence-electron chi connectivity index (χ4n) is 1.86. The first-order valence-electron chi connectivity index (χ1n) is 5.54. The van der Waals surface area contributed by atoms with Crippen LogP contribution in [0.25, 0.3) is 0 Å². The van der Waals surface area contributed by atoms with Crippen LogP contribution in [0.15, 0.2) is 25.3 Å². The molecular weight excluding hydrogens is 212 g/mol. The van der Waals surface area contributed by atoms with Gasteiger partial charge in [-0.2, -0.15) is 10.5 Å². The zero-order valence-corrected chi connectivity index (χ0v) is 10.9. The molecule has 0 aromatic heterocycles. The van der Waals surface area contributed by atoms with Crippen LogP contribution in [0, 0.1) is 33.5 Å². The lowest BCUT2D eigenvalue weighted by Crippen LogP contribution is -2.44. The molecule has 0 aromatic carbocycles. The van der Waals surface area contributed by atoms with E-state index in [9.17, 15) is 10.5 Å². The maximum atomic E-state index is 9.31. The van der Waals surface area contributed by atoms with E-state index >= 15 is 0 Å². The second kappa shape index (κ2) is 6.23. The molecule has 3 heteroatoms. The fraction of sp³-hybridized carbons (Fsp3) is 0.571. The average molecular weight is 232 g/mol. The highest BCUT2D eigenvalue weighted by molar-refractivity contribution is 5.21. The van der Waals surface area contributed by atoms with E-state index in [1.807, 2.05) is 20.8 Å². The van der Waals surface area contributed by atoms with Gasteiger partial charge in [0.15, 0.2) is 5.41 Å². The summed E-state index contributed by atoms with van der Waals surface area (Å²) in [6.07, 6.45) is 3.01. The van der Waals surface area contributed by atoms with Crippen LogP contribution in [0.3, 0.4) is 0 Å². The lowest BCUT2D eigenvalue weighted by atomic mass is 9.70. The molecule has 92 valence electrons. The number of allylic oxidation sites excluding steroid dienone is 1. The van der Waals surface area contributed by atoms with Gasteiger partial charge < -0.3 is 4.74 Å². The number of hydrogen-bond acceptors (Lipinski definition) is 3. The van der Waals surface area contributed by atoms with Crippen LogP contribution in [-0.2, 0) is 4.74 Å². The molecule has 0 fully saturated rings. The normalized spacial score (nSPS) is 13.2. The molecule has 0 aliphatic heterocycles. The van der Waals surface area contributed by atoms with E-state index in [1.54, 1.807) is 12.2 Å². The van der Waals surface area contributed by atoms with Gasteiger partial charge in [-0.05, 0) is 11.8 Å². The maximum Gasteiger partial charge on any atom is 0.173 e. The van der Waals surface area contributed by atoms with Crippen LogP contribution < -0.4 is 0 Å². The van der Waals surface area contributed by atoms with E-state index in [0.29, 0.717) is 13.0 Å². The second-order valence-electron chi connectivity index (χ2n) is 5.06. The summed E-state index contributed by atoms with van der Waals surface area (Å²) < 4.78 is 5.64. The Balaban J connectivity index is 5.38. The van der Waals surface area contributed by atoms with Crippen LogP contribution in [0.4, 0.5) is 0 Å². The summed E-state index contributed by atoms with van der Waals surface area (Å²) in [6, 6.07) is 4.18. The van der Waals surface area contributed by atoms with Gasteiger partial charge in [0.2, 0.25) is 0 Å². The predicted octanol–water partition coefficient (Wildman–Crippen LogP) is 3.21. The van der Waals surface area contributed by atoms with E-state index in [0.717, 1.165) is 0 Å². The molecule has 0 amide bonds. The van der Waals surface area contributed by atoms with Gasteiger partial charge in [-0.1, -0.05) is 32.9 Å². The van der Waals surface area contributed by atoms with Crippen molar-refractivity contribution in [2.75, 3.05) is 6.61 Å². The fourth-order valence-corrected chi connectivity index (χ4v) is 1.86. The number of ether oxygens (including phenoxy) is 1. The molecule has 0 spiro atoms. The van der Waals surface area contributed by atoms with E-state index in [4.69, 9.17) is 4.74 Å². The number of nitriles is 2. The highest BCUT2D eigenvalue weighted by Crippen LogP contribution is 2.38. The highest BCUT2D eigenvalue weighted by Gasteiger charge is 2.46. The minimum Gasteiger partial charge on any atom is -0.371 e. The summed E-state index contributed by atoms with van der Waals surface area (Å²) in [4.78, 5) is 0. The van der Waals surface area contributed by atoms with Gasteiger partial charge in [-0.15, -0.1) is 13.2 Å². The van der Waals surface area contributed by atoms with Crippen molar-refractivity contribution in [2.45, 2.75) is 33.3 Å². The van der Waals surface area contributed by atoms with Gasteiger partial charge in [0.1, 0.15) is 0 Å². The second-order valence-corrected chi connectivity index (χ2v) is 5.06. The summed E-state index contributed by atoms with van der Waals surface area (Å²) >= 11 is 0. The third kappa shape index (κ3) is 3.73. The molecule has 0 N–H and O–H groups in total. The Hall–Kier alpha value is -1.58. The Bertz CT molecular complexity index is 338. The molecule has 17 heavy (non-hydrogen) atoms. The van der Waals surface area contributed by atoms with Crippen LogP contribution in [0.5, 0.6) is 0 Å². The molecule has 0 saturated carbocycles. The molecule has 0 aliphatic rings. The molecule has 0 aliphatic carbocycles. The van der Waals surface area contributed by atoms with Crippen molar-refractivity contribution >= 4 is 0 Å². The molecule has 0 bridgehead atoms. The third-order valence-electron chi connectivity index (χ3n) is 2.48. The van der Waals surface area contributed by atoms with Crippen molar-refractivity contribution in [3.63, 3.8) is 0 Å². The van der Waals surface area contributed by atoms with Crippen molar-refractivity contribution < 1.29 is 4.74 Å². The Kier molecular flexibility index (Phi) is 5.65. The summed E-state index contributed by atoms with van der Waals surface area (Å²) in [5, 5.41) is 18.6. The minimum atomic E-state index is -1.19. The summed E-state index contributed by atoms with van der Waals surface area (Å²) in [7, 11) is 0. The Morgan fingerprint density at radius 1 is 1.18 bits per heavy atom. The zero-order chi connectivity index (χ0) is 13.5. The van der Waals surface area contributed by atoms with E-state index in [-0.39, 0.29) is 5.41 Å². The van der Waals surface area contributed by atoms with Gasteiger partial charge in [0.05, 0.1) is 24.8 Å². The third-order valence-corrected chi connectivity index (χ3v) is 2.48. The monoisotopic (exact) mass is 232 g/mol. The molecule has 0 radical (unpaired) electrons. The van der Waals surface area contributed by atoms with Crippen LogP contribution in [0.2, 0.25) is 0 Å². The van der Waals surface area contributed by atoms with Crippen molar-refractivity contribution in [1.82, 2.24) is 0 Å². The Labute approximate surface area is 104 Å². The molecule has 3 nitrogen and oxygen atoms in total. The molecule has 0 heterocycles. The first-order chi connectivity index (χ1) is 7.87. The van der Waals surface area contributed by atoms with Gasteiger partial charge in [-0.25, -0.2) is 0 Å². The average Bonchev–Trinajstić information content (AvgIpc) is 2.26. The maximum absolute atomic E-state index is 9.31. The molecular formula is C14H20N2O. The minimum absolute atomic E-state index is 0.291. The molecule has 0 saturated heterocycles. The lowest BCUT2D eigenvalue weighted by molar-refractivity contribution is -0.0499. The quantitative estimate of drug-likeness (QED) is 0.661. The number of rotatable bonds is 6. The first kappa shape index (κ1) is 15.4. The predicted molar refractivity (Wildman–Crippen MR) is 67.9 cm³/mol. The van der Waals surface area contributed by atoms with Crippen LogP contribution >= 0.6 is 0 Å². The smallest absolute Gasteiger partial charge is 0.173 e. The summed E-state index contributed by atoms with van der Waals surface area (Å²) in [5.74, 6) is 0. The molecule has 0 aromatic rings. The Morgan fingerprint density at radius 3 is 2.00 bits per heavy atom. The Morgan fingerprint density at radius 2 is 1.71 bits per heavy atom. The van der Waals surface area contributed by atoms with Gasteiger partial charge in [-0.3, -0.25) is 0 Å². The molecule has 0 rings (SSSR count). The standard InChI is InChI=1S/C14H20N2O/c1-6-8-14(10-15,11-16)12(13(3,4)5)17-9-7-2/h6-7,12H,1-2,8-9H2,3-5H3. The highest BCUT2D eigenvalue weighted by atomic mass is 16.5. The largest absolute Gasteiger partial charge is 0.371 e. The molecule has 1 atom stereocenters. The summed E-state index contributed by atoms with van der Waals surface area (Å²) in [6.45, 7) is 13.4. The zero-order valence-electron chi connectivity index (χ0n) is 10.9. The van der Waals surface area contributed by atoms with Gasteiger partial charge in [0, 0.05) is 0 Å². The van der Waals surface area contributed by atoms with Crippen molar-refractivity contribution in [3.8, 4) is 12.1 Å². The van der Waals surface area contributed by atoms with E-state index < -0.39 is 11.5 Å². The summed E-state index contributed by atoms with van der Waals surface area (Å²) in [5.41, 5.74) is -1.50. The first-order valence-corrected chi connectivity index (χ1v) is 5.54. The van der Waals surface area contributed by atoms with Crippen molar-refractivity contribution in [3.05, 3.63) is 25.3 Å². The number of hydrogen-bond donors (Lipinski definition) is 0. The SMILES string of the molecule is C=CCOC(C(C)(C)C)C(C#N)(C#N)CC=C. The van der Waals surface area contributed by atoms with Gasteiger partial charge in [0.25, 0.3) is 0 Å². The topological polar surface area (TPSA) is 56.8 Å². The van der Waals surface area contributed by atoms with Crippen LogP contribution in [-0.4, -0.2) is 12.7 Å².